The number of aliphatic hydroxyl groups is 1. The second-order valence-corrected chi connectivity index (χ2v) is 10.2. The smallest absolute Gasteiger partial charge is 0.320 e. The number of nitrogens with one attached hydrogen (secondary N) is 1. The number of carboxylic acid groups (broad SMARTS) is 1. The van der Waals surface area contributed by atoms with E-state index in [9.17, 15) is 15.0 Å². The van der Waals surface area contributed by atoms with Crippen molar-refractivity contribution in [3.05, 3.63) is 36.1 Å². The summed E-state index contributed by atoms with van der Waals surface area (Å²) in [4.78, 5) is 14.3. The SMILES string of the molecule is C=C1/C=C\C(O)=C/C[C@@]2(CCN[C@H](C(=O)O)C(C)C)CCN(CC3CC3)[C@@H](C1)[C@H]2C. The molecule has 1 saturated heterocycles. The Morgan fingerprint density at radius 2 is 2.10 bits per heavy atom. The lowest BCUT2D eigenvalue weighted by atomic mass is 9.62. The monoisotopic (exact) mass is 416 g/mol. The summed E-state index contributed by atoms with van der Waals surface area (Å²) in [5.41, 5.74) is 1.12. The second-order valence-electron chi connectivity index (χ2n) is 10.2. The molecule has 2 fully saturated rings. The highest BCUT2D eigenvalue weighted by Crippen LogP contribution is 2.48. The number of allylic oxidation sites excluding steroid dienone is 3. The van der Waals surface area contributed by atoms with Crippen molar-refractivity contribution < 1.29 is 15.0 Å². The molecule has 0 aromatic carbocycles. The van der Waals surface area contributed by atoms with Gasteiger partial charge in [0.25, 0.3) is 0 Å². The Morgan fingerprint density at radius 1 is 1.37 bits per heavy atom. The van der Waals surface area contributed by atoms with Crippen molar-refractivity contribution in [2.75, 3.05) is 19.6 Å². The number of likely N-dealkylation sites (tertiary alicyclic amines) is 1. The first-order valence-electron chi connectivity index (χ1n) is 11.7. The molecule has 5 heteroatoms. The van der Waals surface area contributed by atoms with Crippen molar-refractivity contribution in [1.29, 1.82) is 0 Å². The maximum absolute atomic E-state index is 11.6. The van der Waals surface area contributed by atoms with Gasteiger partial charge in [0.1, 0.15) is 11.8 Å². The molecule has 2 bridgehead atoms. The second kappa shape index (κ2) is 9.69. The van der Waals surface area contributed by atoms with Crippen molar-refractivity contribution in [2.45, 2.75) is 71.4 Å². The van der Waals surface area contributed by atoms with Gasteiger partial charge in [0.05, 0.1) is 0 Å². The summed E-state index contributed by atoms with van der Waals surface area (Å²) in [6.07, 6.45) is 12.1. The van der Waals surface area contributed by atoms with Gasteiger partial charge in [-0.25, -0.2) is 0 Å². The molecular formula is C25H40N2O3. The highest BCUT2D eigenvalue weighted by atomic mass is 16.4. The van der Waals surface area contributed by atoms with Crippen LogP contribution in [0.3, 0.4) is 0 Å². The Bertz CT molecular complexity index is 695. The van der Waals surface area contributed by atoms with Crippen LogP contribution in [0.1, 0.15) is 59.3 Å². The maximum atomic E-state index is 11.6. The minimum absolute atomic E-state index is 0.0482. The van der Waals surface area contributed by atoms with Crippen LogP contribution in [0.2, 0.25) is 0 Å². The highest BCUT2D eigenvalue weighted by molar-refractivity contribution is 5.73. The molecule has 1 heterocycles. The predicted octanol–water partition coefficient (Wildman–Crippen LogP) is 4.53. The third-order valence-corrected chi connectivity index (χ3v) is 7.70. The number of hydrogen-bond donors (Lipinski definition) is 3. The Labute approximate surface area is 181 Å². The van der Waals surface area contributed by atoms with Crippen LogP contribution in [0.4, 0.5) is 0 Å². The van der Waals surface area contributed by atoms with Gasteiger partial charge in [0, 0.05) is 12.6 Å². The van der Waals surface area contributed by atoms with Crippen molar-refractivity contribution >= 4 is 5.97 Å². The number of carboxylic acids is 1. The summed E-state index contributed by atoms with van der Waals surface area (Å²) in [5.74, 6) is 0.878. The zero-order valence-electron chi connectivity index (χ0n) is 18.9. The lowest BCUT2D eigenvalue weighted by Crippen LogP contribution is -2.55. The van der Waals surface area contributed by atoms with E-state index in [1.165, 1.54) is 19.4 Å². The first kappa shape index (κ1) is 23.1. The zero-order valence-corrected chi connectivity index (χ0v) is 18.9. The predicted molar refractivity (Wildman–Crippen MR) is 121 cm³/mol. The quantitative estimate of drug-likeness (QED) is 0.542. The average Bonchev–Trinajstić information content (AvgIpc) is 3.50. The molecule has 5 nitrogen and oxygen atoms in total. The molecule has 3 aliphatic rings. The van der Waals surface area contributed by atoms with Gasteiger partial charge in [-0.2, -0.15) is 0 Å². The summed E-state index contributed by atoms with van der Waals surface area (Å²) >= 11 is 0. The minimum Gasteiger partial charge on any atom is -0.508 e. The van der Waals surface area contributed by atoms with Crippen LogP contribution >= 0.6 is 0 Å². The molecule has 3 N–H and O–H groups in total. The molecule has 0 amide bonds. The lowest BCUT2D eigenvalue weighted by Gasteiger charge is -2.52. The van der Waals surface area contributed by atoms with Crippen LogP contribution in [-0.2, 0) is 4.79 Å². The van der Waals surface area contributed by atoms with Gasteiger partial charge in [0.2, 0.25) is 0 Å². The minimum atomic E-state index is -0.780. The molecule has 1 saturated carbocycles. The largest absolute Gasteiger partial charge is 0.508 e. The number of hydrogen-bond acceptors (Lipinski definition) is 4. The molecule has 4 atom stereocenters. The van der Waals surface area contributed by atoms with Crippen LogP contribution in [0.15, 0.2) is 36.1 Å². The highest BCUT2D eigenvalue weighted by Gasteiger charge is 2.46. The molecule has 168 valence electrons. The van der Waals surface area contributed by atoms with E-state index in [1.807, 2.05) is 26.0 Å². The molecule has 0 unspecified atom stereocenters. The molecule has 30 heavy (non-hydrogen) atoms. The van der Waals surface area contributed by atoms with E-state index < -0.39 is 12.0 Å². The van der Waals surface area contributed by atoms with Crippen molar-refractivity contribution in [2.24, 2.45) is 23.2 Å². The Balaban J connectivity index is 1.80. The summed E-state index contributed by atoms with van der Waals surface area (Å²) in [5, 5.41) is 23.1. The summed E-state index contributed by atoms with van der Waals surface area (Å²) in [6, 6.07) is -0.0702. The van der Waals surface area contributed by atoms with E-state index in [4.69, 9.17) is 0 Å². The Kier molecular flexibility index (Phi) is 7.46. The van der Waals surface area contributed by atoms with Gasteiger partial charge in [-0.1, -0.05) is 39.0 Å². The maximum Gasteiger partial charge on any atom is 0.320 e. The zero-order chi connectivity index (χ0) is 21.9. The normalized spacial score (nSPS) is 34.3. The number of rotatable bonds is 8. The molecule has 2 aliphatic carbocycles. The van der Waals surface area contributed by atoms with Gasteiger partial charge in [-0.15, -0.1) is 0 Å². The van der Waals surface area contributed by atoms with Crippen molar-refractivity contribution in [3.63, 3.8) is 0 Å². The van der Waals surface area contributed by atoms with Crippen LogP contribution in [0, 0.1) is 23.2 Å². The fourth-order valence-electron chi connectivity index (χ4n) is 5.39. The van der Waals surface area contributed by atoms with E-state index in [0.29, 0.717) is 24.3 Å². The van der Waals surface area contributed by atoms with E-state index >= 15 is 0 Å². The summed E-state index contributed by atoms with van der Waals surface area (Å²) in [7, 11) is 0. The molecule has 1 aliphatic heterocycles. The van der Waals surface area contributed by atoms with Gasteiger partial charge >= 0.3 is 5.97 Å². The van der Waals surface area contributed by atoms with Crippen molar-refractivity contribution in [1.82, 2.24) is 10.2 Å². The van der Waals surface area contributed by atoms with Gasteiger partial charge in [0.15, 0.2) is 0 Å². The van der Waals surface area contributed by atoms with E-state index in [-0.39, 0.29) is 11.3 Å². The molecular weight excluding hydrogens is 376 g/mol. The molecule has 3 rings (SSSR count). The molecule has 0 radical (unpaired) electrons. The average molecular weight is 417 g/mol. The number of aliphatic carboxylic acids is 1. The standard InChI is InChI=1S/C25H40N2O3/c1-17(2)23(24(29)30)26-13-11-25-10-9-21(28)8-5-18(3)15-22(19(25)4)27(14-12-25)16-20-6-7-20/h5,8-9,17,19-20,22-23,26,28H,3,6-7,10-16H2,1-2,4H3,(H,29,30)/b8-5-,21-9+/t19-,22+,23+,25-/m1/s1. The number of fused-ring (bicyclic) bond motifs is 2. The Hall–Kier alpha value is -1.59. The Morgan fingerprint density at radius 3 is 2.73 bits per heavy atom. The number of nitrogens with zero attached hydrogens (tertiary/aromatic N) is 1. The molecule has 0 aromatic heterocycles. The number of piperidine rings is 1. The summed E-state index contributed by atoms with van der Waals surface area (Å²) in [6.45, 7) is 13.5. The summed E-state index contributed by atoms with van der Waals surface area (Å²) < 4.78 is 0. The van der Waals surface area contributed by atoms with Gasteiger partial charge in [-0.3, -0.25) is 9.69 Å². The van der Waals surface area contributed by atoms with Crippen molar-refractivity contribution in [3.8, 4) is 0 Å². The fraction of sp³-hybridized carbons (Fsp3) is 0.720. The van der Waals surface area contributed by atoms with Crippen LogP contribution in [0.25, 0.3) is 0 Å². The third kappa shape index (κ3) is 5.55. The van der Waals surface area contributed by atoms with Crippen LogP contribution < -0.4 is 5.32 Å². The molecule has 0 aromatic rings. The topological polar surface area (TPSA) is 72.8 Å². The fourth-order valence-corrected chi connectivity index (χ4v) is 5.39. The first-order chi connectivity index (χ1) is 14.2. The van der Waals surface area contributed by atoms with Crippen LogP contribution in [-0.4, -0.2) is 52.8 Å². The molecule has 0 spiro atoms. The number of aliphatic hydroxyl groups excluding tert-OH is 1. The van der Waals surface area contributed by atoms with E-state index in [0.717, 1.165) is 43.7 Å². The van der Waals surface area contributed by atoms with Gasteiger partial charge < -0.3 is 15.5 Å². The third-order valence-electron chi connectivity index (χ3n) is 7.70. The van der Waals surface area contributed by atoms with Gasteiger partial charge in [-0.05, 0) is 86.9 Å². The van der Waals surface area contributed by atoms with E-state index in [1.54, 1.807) is 6.08 Å². The van der Waals surface area contributed by atoms with E-state index in [2.05, 4.69) is 23.7 Å². The number of carbonyl (C=O) groups is 1. The van der Waals surface area contributed by atoms with Crippen LogP contribution in [0.5, 0.6) is 0 Å². The first-order valence-corrected chi connectivity index (χ1v) is 11.7. The lowest BCUT2D eigenvalue weighted by molar-refractivity contribution is -0.140.